The number of rotatable bonds is 4. The smallest absolute Gasteiger partial charge is 0.329 e. The van der Waals surface area contributed by atoms with Gasteiger partial charge in [-0.2, -0.15) is 0 Å². The standard InChI is InChI=1S/C16H23NO3/c1-11-4-5-12(2)16(10-11,15(18)19)17-13-6-8-14(20-3)9-7-13/h6-9,11-12,17H,4-5,10H2,1-3H3,(H,18,19). The minimum absolute atomic E-state index is 0.110. The lowest BCUT2D eigenvalue weighted by Gasteiger charge is -2.43. The Morgan fingerprint density at radius 1 is 1.30 bits per heavy atom. The summed E-state index contributed by atoms with van der Waals surface area (Å²) < 4.78 is 5.13. The highest BCUT2D eigenvalue weighted by molar-refractivity contribution is 5.83. The molecule has 1 aliphatic rings. The zero-order chi connectivity index (χ0) is 14.8. The number of aliphatic carboxylic acids is 1. The van der Waals surface area contributed by atoms with Crippen molar-refractivity contribution in [2.24, 2.45) is 11.8 Å². The molecule has 0 heterocycles. The fraction of sp³-hybridized carbons (Fsp3) is 0.562. The van der Waals surface area contributed by atoms with Crippen molar-refractivity contribution in [3.05, 3.63) is 24.3 Å². The number of anilines is 1. The SMILES string of the molecule is COc1ccc(NC2(C(=O)O)CC(C)CCC2C)cc1. The fourth-order valence-corrected chi connectivity index (χ4v) is 3.09. The Morgan fingerprint density at radius 2 is 1.95 bits per heavy atom. The van der Waals surface area contributed by atoms with Gasteiger partial charge in [0, 0.05) is 5.69 Å². The summed E-state index contributed by atoms with van der Waals surface area (Å²) in [6.07, 6.45) is 2.70. The van der Waals surface area contributed by atoms with Gasteiger partial charge in [-0.1, -0.05) is 20.3 Å². The van der Waals surface area contributed by atoms with E-state index in [9.17, 15) is 9.90 Å². The molecular weight excluding hydrogens is 254 g/mol. The normalized spacial score (nSPS) is 29.8. The summed E-state index contributed by atoms with van der Waals surface area (Å²) in [7, 11) is 1.62. The number of carboxylic acid groups (broad SMARTS) is 1. The molecule has 0 bridgehead atoms. The molecule has 1 saturated carbocycles. The minimum atomic E-state index is -0.869. The van der Waals surface area contributed by atoms with Gasteiger partial charge in [0.25, 0.3) is 0 Å². The van der Waals surface area contributed by atoms with E-state index in [1.165, 1.54) is 0 Å². The molecule has 2 rings (SSSR count). The molecule has 110 valence electrons. The Bertz CT molecular complexity index is 471. The maximum atomic E-state index is 11.9. The predicted octanol–water partition coefficient (Wildman–Crippen LogP) is 3.39. The van der Waals surface area contributed by atoms with E-state index in [0.29, 0.717) is 12.3 Å². The van der Waals surface area contributed by atoms with Gasteiger partial charge in [0.15, 0.2) is 0 Å². The van der Waals surface area contributed by atoms with Crippen molar-refractivity contribution in [2.45, 2.75) is 38.6 Å². The van der Waals surface area contributed by atoms with Crippen LogP contribution < -0.4 is 10.1 Å². The maximum Gasteiger partial charge on any atom is 0.329 e. The van der Waals surface area contributed by atoms with Crippen LogP contribution in [0, 0.1) is 11.8 Å². The molecule has 20 heavy (non-hydrogen) atoms. The van der Waals surface area contributed by atoms with Gasteiger partial charge < -0.3 is 15.2 Å². The van der Waals surface area contributed by atoms with Crippen LogP contribution in [0.25, 0.3) is 0 Å². The topological polar surface area (TPSA) is 58.6 Å². The van der Waals surface area contributed by atoms with E-state index < -0.39 is 11.5 Å². The number of hydrogen-bond donors (Lipinski definition) is 2. The lowest BCUT2D eigenvalue weighted by molar-refractivity contribution is -0.146. The number of carbonyl (C=O) groups is 1. The van der Waals surface area contributed by atoms with Crippen molar-refractivity contribution >= 4 is 11.7 Å². The number of methoxy groups -OCH3 is 1. The first-order valence-electron chi connectivity index (χ1n) is 7.13. The van der Waals surface area contributed by atoms with E-state index in [-0.39, 0.29) is 5.92 Å². The Kier molecular flexibility index (Phi) is 4.21. The lowest BCUT2D eigenvalue weighted by atomic mass is 9.69. The largest absolute Gasteiger partial charge is 0.497 e. The third-order valence-electron chi connectivity index (χ3n) is 4.44. The van der Waals surface area contributed by atoms with E-state index in [2.05, 4.69) is 12.2 Å². The van der Waals surface area contributed by atoms with E-state index >= 15 is 0 Å². The highest BCUT2D eigenvalue weighted by Crippen LogP contribution is 2.39. The number of ether oxygens (including phenoxy) is 1. The molecule has 1 aliphatic carbocycles. The van der Waals surface area contributed by atoms with Crippen LogP contribution in [0.1, 0.15) is 33.1 Å². The number of benzene rings is 1. The molecule has 0 aliphatic heterocycles. The van der Waals surface area contributed by atoms with Gasteiger partial charge in [-0.15, -0.1) is 0 Å². The van der Waals surface area contributed by atoms with Crippen molar-refractivity contribution in [1.29, 1.82) is 0 Å². The number of carboxylic acids is 1. The Morgan fingerprint density at radius 3 is 2.50 bits per heavy atom. The first kappa shape index (κ1) is 14.7. The van der Waals surface area contributed by atoms with Crippen molar-refractivity contribution in [3.8, 4) is 5.75 Å². The van der Waals surface area contributed by atoms with Gasteiger partial charge in [-0.3, -0.25) is 0 Å². The summed E-state index contributed by atoms with van der Waals surface area (Å²) in [5.41, 5.74) is -0.0409. The summed E-state index contributed by atoms with van der Waals surface area (Å²) >= 11 is 0. The van der Waals surface area contributed by atoms with Gasteiger partial charge in [0.2, 0.25) is 0 Å². The van der Waals surface area contributed by atoms with Crippen molar-refractivity contribution in [3.63, 3.8) is 0 Å². The van der Waals surface area contributed by atoms with Crippen LogP contribution in [0.3, 0.4) is 0 Å². The third-order valence-corrected chi connectivity index (χ3v) is 4.44. The predicted molar refractivity (Wildman–Crippen MR) is 79.2 cm³/mol. The Hall–Kier alpha value is -1.71. The summed E-state index contributed by atoms with van der Waals surface area (Å²) in [4.78, 5) is 11.9. The fourth-order valence-electron chi connectivity index (χ4n) is 3.09. The lowest BCUT2D eigenvalue weighted by Crippen LogP contribution is -2.54. The molecule has 4 nitrogen and oxygen atoms in total. The molecule has 1 aromatic carbocycles. The molecular formula is C16H23NO3. The zero-order valence-electron chi connectivity index (χ0n) is 12.3. The Labute approximate surface area is 120 Å². The number of nitrogens with one attached hydrogen (secondary N) is 1. The van der Waals surface area contributed by atoms with E-state index in [1.54, 1.807) is 7.11 Å². The highest BCUT2D eigenvalue weighted by Gasteiger charge is 2.47. The number of hydrogen-bond acceptors (Lipinski definition) is 3. The molecule has 2 N–H and O–H groups in total. The van der Waals surface area contributed by atoms with Crippen LogP contribution in [-0.4, -0.2) is 23.7 Å². The average molecular weight is 277 g/mol. The molecule has 1 aromatic rings. The molecule has 4 heteroatoms. The van der Waals surface area contributed by atoms with E-state index in [4.69, 9.17) is 4.74 Å². The van der Waals surface area contributed by atoms with Crippen LogP contribution in [0.15, 0.2) is 24.3 Å². The second-order valence-electron chi connectivity index (χ2n) is 5.92. The molecule has 0 radical (unpaired) electrons. The van der Waals surface area contributed by atoms with Crippen LogP contribution in [0.4, 0.5) is 5.69 Å². The van der Waals surface area contributed by atoms with Crippen LogP contribution in [0.2, 0.25) is 0 Å². The molecule has 0 amide bonds. The molecule has 0 spiro atoms. The van der Waals surface area contributed by atoms with Gasteiger partial charge in [0.05, 0.1) is 7.11 Å². The monoisotopic (exact) mass is 277 g/mol. The van der Waals surface area contributed by atoms with E-state index in [0.717, 1.165) is 24.3 Å². The average Bonchev–Trinajstić information content (AvgIpc) is 2.43. The second kappa shape index (κ2) is 5.73. The quantitative estimate of drug-likeness (QED) is 0.885. The van der Waals surface area contributed by atoms with Crippen LogP contribution >= 0.6 is 0 Å². The maximum absolute atomic E-state index is 11.9. The first-order chi connectivity index (χ1) is 9.48. The molecule has 1 fully saturated rings. The van der Waals surface area contributed by atoms with Crippen molar-refractivity contribution < 1.29 is 14.6 Å². The van der Waals surface area contributed by atoms with Gasteiger partial charge in [0.1, 0.15) is 11.3 Å². The summed E-state index contributed by atoms with van der Waals surface area (Å²) in [6.45, 7) is 4.15. The second-order valence-corrected chi connectivity index (χ2v) is 5.92. The summed E-state index contributed by atoms with van der Waals surface area (Å²) in [5, 5.41) is 13.0. The van der Waals surface area contributed by atoms with Crippen molar-refractivity contribution in [2.75, 3.05) is 12.4 Å². The zero-order valence-corrected chi connectivity index (χ0v) is 12.3. The van der Waals surface area contributed by atoms with Crippen molar-refractivity contribution in [1.82, 2.24) is 0 Å². The van der Waals surface area contributed by atoms with E-state index in [1.807, 2.05) is 31.2 Å². The van der Waals surface area contributed by atoms with Gasteiger partial charge in [-0.25, -0.2) is 4.79 Å². The first-order valence-corrected chi connectivity index (χ1v) is 7.13. The summed E-state index contributed by atoms with van der Waals surface area (Å²) in [5.74, 6) is 0.545. The van der Waals surface area contributed by atoms with Crippen LogP contribution in [-0.2, 0) is 4.79 Å². The Balaban J connectivity index is 2.25. The highest BCUT2D eigenvalue weighted by atomic mass is 16.5. The molecule has 0 aromatic heterocycles. The van der Waals surface area contributed by atoms with Crippen LogP contribution in [0.5, 0.6) is 5.75 Å². The molecule has 3 unspecified atom stereocenters. The van der Waals surface area contributed by atoms with Gasteiger partial charge >= 0.3 is 5.97 Å². The molecule has 0 saturated heterocycles. The minimum Gasteiger partial charge on any atom is -0.497 e. The third kappa shape index (κ3) is 2.74. The summed E-state index contributed by atoms with van der Waals surface area (Å²) in [6, 6.07) is 7.43. The molecule has 3 atom stereocenters. The van der Waals surface area contributed by atoms with Gasteiger partial charge in [-0.05, 0) is 48.9 Å².